The first-order valence-electron chi connectivity index (χ1n) is 7.68. The lowest BCUT2D eigenvalue weighted by molar-refractivity contribution is -0.151. The number of carbonyl (C=O) groups is 2. The summed E-state index contributed by atoms with van der Waals surface area (Å²) < 4.78 is 6.95. The van der Waals surface area contributed by atoms with Crippen LogP contribution in [0, 0.1) is 0 Å². The van der Waals surface area contributed by atoms with Gasteiger partial charge in [0.2, 0.25) is 5.91 Å². The third-order valence-corrected chi connectivity index (χ3v) is 3.89. The summed E-state index contributed by atoms with van der Waals surface area (Å²) in [5, 5.41) is 15.7. The maximum absolute atomic E-state index is 12.0. The van der Waals surface area contributed by atoms with Crippen molar-refractivity contribution in [2.75, 3.05) is 0 Å². The molecule has 24 heavy (non-hydrogen) atoms. The second-order valence-corrected chi connectivity index (χ2v) is 5.66. The molecule has 1 saturated heterocycles. The lowest BCUT2D eigenvalue weighted by Crippen LogP contribution is -2.35. The molecule has 8 nitrogen and oxygen atoms in total. The van der Waals surface area contributed by atoms with E-state index in [9.17, 15) is 9.59 Å². The minimum Gasteiger partial charge on any atom is -0.479 e. The van der Waals surface area contributed by atoms with Crippen molar-refractivity contribution in [2.24, 2.45) is 0 Å². The van der Waals surface area contributed by atoms with Gasteiger partial charge in [0.25, 0.3) is 0 Å². The molecule has 1 aliphatic heterocycles. The zero-order chi connectivity index (χ0) is 16.9. The molecule has 0 unspecified atom stereocenters. The number of carbonyl (C=O) groups excluding carboxylic acids is 1. The molecule has 1 aromatic carbocycles. The molecule has 0 spiro atoms. The SMILES string of the molecule is O=C(NCc1ccc(Cn2cncn2)cc1)[C@@H]1CC[C@H](C(=O)O)O1. The molecule has 2 heterocycles. The highest BCUT2D eigenvalue weighted by molar-refractivity contribution is 5.82. The van der Waals surface area contributed by atoms with Crippen LogP contribution in [0.4, 0.5) is 0 Å². The first-order chi connectivity index (χ1) is 11.6. The van der Waals surface area contributed by atoms with Crippen molar-refractivity contribution in [3.05, 3.63) is 48.0 Å². The normalized spacial score (nSPS) is 20.0. The van der Waals surface area contributed by atoms with Crippen LogP contribution in [0.25, 0.3) is 0 Å². The number of carboxylic acid groups (broad SMARTS) is 1. The Morgan fingerprint density at radius 2 is 1.92 bits per heavy atom. The quantitative estimate of drug-likeness (QED) is 0.802. The van der Waals surface area contributed by atoms with Crippen LogP contribution in [0.2, 0.25) is 0 Å². The molecule has 0 saturated carbocycles. The lowest BCUT2D eigenvalue weighted by atomic mass is 10.1. The van der Waals surface area contributed by atoms with Crippen molar-refractivity contribution in [3.8, 4) is 0 Å². The summed E-state index contributed by atoms with van der Waals surface area (Å²) in [6.07, 6.45) is 2.38. The maximum Gasteiger partial charge on any atom is 0.332 e. The third-order valence-electron chi connectivity index (χ3n) is 3.89. The third kappa shape index (κ3) is 3.96. The van der Waals surface area contributed by atoms with Crippen LogP contribution in [0.15, 0.2) is 36.9 Å². The Kier molecular flexibility index (Phi) is 4.85. The smallest absolute Gasteiger partial charge is 0.332 e. The van der Waals surface area contributed by atoms with E-state index in [0.29, 0.717) is 25.9 Å². The number of amides is 1. The standard InChI is InChI=1S/C16H18N4O4/c21-15(13-5-6-14(24-13)16(22)23)18-7-11-1-3-12(4-2-11)8-20-10-17-9-19-20/h1-4,9-10,13-14H,5-8H2,(H,18,21)(H,22,23)/t13-,14+/m0/s1. The largest absolute Gasteiger partial charge is 0.479 e. The Hall–Kier alpha value is -2.74. The van der Waals surface area contributed by atoms with E-state index in [1.807, 2.05) is 24.3 Å². The molecule has 8 heteroatoms. The van der Waals surface area contributed by atoms with E-state index in [4.69, 9.17) is 9.84 Å². The topological polar surface area (TPSA) is 106 Å². The number of aromatic nitrogens is 3. The van der Waals surface area contributed by atoms with E-state index in [1.165, 1.54) is 6.33 Å². The van der Waals surface area contributed by atoms with Crippen molar-refractivity contribution in [3.63, 3.8) is 0 Å². The molecule has 126 valence electrons. The molecule has 2 N–H and O–H groups in total. The molecule has 1 aromatic heterocycles. The molecule has 2 aromatic rings. The van der Waals surface area contributed by atoms with Gasteiger partial charge in [-0.3, -0.25) is 4.79 Å². The van der Waals surface area contributed by atoms with Crippen LogP contribution in [-0.2, 0) is 27.4 Å². The number of nitrogens with zero attached hydrogens (tertiary/aromatic N) is 3. The molecule has 0 radical (unpaired) electrons. The Bertz CT molecular complexity index is 699. The van der Waals surface area contributed by atoms with Crippen LogP contribution in [0.5, 0.6) is 0 Å². The summed E-state index contributed by atoms with van der Waals surface area (Å²) in [7, 11) is 0. The number of ether oxygens (including phenoxy) is 1. The van der Waals surface area contributed by atoms with Gasteiger partial charge < -0.3 is 15.2 Å². The molecule has 1 aliphatic rings. The van der Waals surface area contributed by atoms with Gasteiger partial charge in [-0.1, -0.05) is 24.3 Å². The van der Waals surface area contributed by atoms with E-state index in [2.05, 4.69) is 15.4 Å². The fraction of sp³-hybridized carbons (Fsp3) is 0.375. The van der Waals surface area contributed by atoms with Crippen molar-refractivity contribution in [2.45, 2.75) is 38.1 Å². The highest BCUT2D eigenvalue weighted by Gasteiger charge is 2.34. The van der Waals surface area contributed by atoms with Crippen molar-refractivity contribution in [1.82, 2.24) is 20.1 Å². The number of benzene rings is 1. The van der Waals surface area contributed by atoms with Crippen LogP contribution in [0.3, 0.4) is 0 Å². The van der Waals surface area contributed by atoms with Gasteiger partial charge in [-0.05, 0) is 24.0 Å². The second-order valence-electron chi connectivity index (χ2n) is 5.66. The summed E-state index contributed by atoms with van der Waals surface area (Å²) in [5.74, 6) is -1.29. The van der Waals surface area contributed by atoms with Gasteiger partial charge >= 0.3 is 5.97 Å². The number of nitrogens with one attached hydrogen (secondary N) is 1. The van der Waals surface area contributed by atoms with Gasteiger partial charge in [0.15, 0.2) is 6.10 Å². The first-order valence-corrected chi connectivity index (χ1v) is 7.68. The minimum absolute atomic E-state index is 0.273. The van der Waals surface area contributed by atoms with E-state index < -0.39 is 18.2 Å². The number of hydrogen-bond acceptors (Lipinski definition) is 5. The van der Waals surface area contributed by atoms with Gasteiger partial charge in [0, 0.05) is 6.54 Å². The number of aliphatic carboxylic acids is 1. The molecule has 0 bridgehead atoms. The van der Waals surface area contributed by atoms with Crippen molar-refractivity contribution in [1.29, 1.82) is 0 Å². The molecule has 0 aliphatic carbocycles. The van der Waals surface area contributed by atoms with Crippen LogP contribution < -0.4 is 5.32 Å². The lowest BCUT2D eigenvalue weighted by Gasteiger charge is -2.12. The highest BCUT2D eigenvalue weighted by Crippen LogP contribution is 2.20. The predicted molar refractivity (Wildman–Crippen MR) is 82.9 cm³/mol. The average Bonchev–Trinajstić information content (AvgIpc) is 3.25. The number of hydrogen-bond donors (Lipinski definition) is 2. The van der Waals surface area contributed by atoms with Crippen LogP contribution >= 0.6 is 0 Å². The first kappa shape index (κ1) is 16.1. The van der Waals surface area contributed by atoms with Gasteiger partial charge in [0.05, 0.1) is 6.54 Å². The molecule has 2 atom stereocenters. The van der Waals surface area contributed by atoms with Gasteiger partial charge in [-0.2, -0.15) is 5.10 Å². The highest BCUT2D eigenvalue weighted by atomic mass is 16.5. The number of rotatable bonds is 6. The molecular weight excluding hydrogens is 312 g/mol. The molecule has 3 rings (SSSR count). The van der Waals surface area contributed by atoms with Crippen LogP contribution in [0.1, 0.15) is 24.0 Å². The minimum atomic E-state index is -1.02. The van der Waals surface area contributed by atoms with Gasteiger partial charge in [-0.15, -0.1) is 0 Å². The van der Waals surface area contributed by atoms with E-state index in [1.54, 1.807) is 11.0 Å². The second kappa shape index (κ2) is 7.22. The Morgan fingerprint density at radius 3 is 2.54 bits per heavy atom. The Labute approximate surface area is 138 Å². The molecule has 1 amide bonds. The van der Waals surface area contributed by atoms with Gasteiger partial charge in [-0.25, -0.2) is 14.5 Å². The summed E-state index contributed by atoms with van der Waals surface area (Å²) in [5.41, 5.74) is 2.04. The predicted octanol–water partition coefficient (Wildman–Crippen LogP) is 0.575. The van der Waals surface area contributed by atoms with Crippen LogP contribution in [-0.4, -0.2) is 44.0 Å². The number of carboxylic acids is 1. The summed E-state index contributed by atoms with van der Waals surface area (Å²) in [6, 6.07) is 7.80. The summed E-state index contributed by atoms with van der Waals surface area (Å²) >= 11 is 0. The fourth-order valence-corrected chi connectivity index (χ4v) is 2.58. The monoisotopic (exact) mass is 330 g/mol. The zero-order valence-electron chi connectivity index (χ0n) is 13.0. The Morgan fingerprint density at radius 1 is 1.21 bits per heavy atom. The molecular formula is C16H18N4O4. The average molecular weight is 330 g/mol. The zero-order valence-corrected chi connectivity index (χ0v) is 13.0. The van der Waals surface area contributed by atoms with Gasteiger partial charge in [0.1, 0.15) is 18.8 Å². The van der Waals surface area contributed by atoms with E-state index >= 15 is 0 Å². The van der Waals surface area contributed by atoms with Crippen molar-refractivity contribution < 1.29 is 19.4 Å². The van der Waals surface area contributed by atoms with Crippen molar-refractivity contribution >= 4 is 11.9 Å². The van der Waals surface area contributed by atoms with E-state index in [0.717, 1.165) is 11.1 Å². The fourth-order valence-electron chi connectivity index (χ4n) is 2.58. The summed E-state index contributed by atoms with van der Waals surface area (Å²) in [6.45, 7) is 1.01. The Balaban J connectivity index is 1.48. The van der Waals surface area contributed by atoms with E-state index in [-0.39, 0.29) is 5.91 Å². The maximum atomic E-state index is 12.0. The molecule has 1 fully saturated rings. The summed E-state index contributed by atoms with van der Waals surface area (Å²) in [4.78, 5) is 26.7.